The monoisotopic (exact) mass is 482 g/mol. The molecule has 1 aromatic heterocycles. The van der Waals surface area contributed by atoms with Gasteiger partial charge in [-0.15, -0.1) is 0 Å². The van der Waals surface area contributed by atoms with Crippen LogP contribution in [0.25, 0.3) is 16.5 Å². The van der Waals surface area contributed by atoms with E-state index >= 15 is 0 Å². The number of hydrogen-bond acceptors (Lipinski definition) is 4. The summed E-state index contributed by atoms with van der Waals surface area (Å²) in [6, 6.07) is 8.69. The molecule has 3 aliphatic rings. The fourth-order valence-electron chi connectivity index (χ4n) is 5.46. The molecule has 0 bridgehead atoms. The Bertz CT molecular complexity index is 1420. The van der Waals surface area contributed by atoms with Crippen LogP contribution in [0.3, 0.4) is 0 Å². The van der Waals surface area contributed by atoms with E-state index in [1.807, 2.05) is 24.4 Å². The maximum Gasteiger partial charge on any atom is 0.326 e. The van der Waals surface area contributed by atoms with E-state index in [4.69, 9.17) is 4.74 Å². The first-order chi connectivity index (χ1) is 16.5. The molecule has 1 N–H and O–H groups in total. The van der Waals surface area contributed by atoms with Gasteiger partial charge in [-0.1, -0.05) is 12.1 Å². The number of anilines is 2. The number of nitrogens with zero attached hydrogens (tertiary/aromatic N) is 3. The van der Waals surface area contributed by atoms with Crippen LogP contribution in [0.15, 0.2) is 42.6 Å². The lowest BCUT2D eigenvalue weighted by Gasteiger charge is -2.29. The fraction of sp³-hybridized carbons (Fsp3) is 0.360. The van der Waals surface area contributed by atoms with Crippen molar-refractivity contribution in [2.24, 2.45) is 0 Å². The number of rotatable bonds is 5. The third-order valence-corrected chi connectivity index (χ3v) is 9.03. The van der Waals surface area contributed by atoms with Crippen molar-refractivity contribution in [2.45, 2.75) is 19.3 Å². The molecule has 7 nitrogen and oxygen atoms in total. The lowest BCUT2D eigenvalue weighted by molar-refractivity contribution is 0.310. The molecule has 3 aromatic rings. The van der Waals surface area contributed by atoms with Crippen LogP contribution in [-0.4, -0.2) is 58.1 Å². The number of aryl methyl sites for hydroxylation is 1. The molecule has 0 aliphatic carbocycles. The second-order valence-electron chi connectivity index (χ2n) is 9.05. The normalized spacial score (nSPS) is 19.4. The van der Waals surface area contributed by atoms with E-state index in [0.29, 0.717) is 31.1 Å². The molecule has 6 rings (SSSR count). The standard InChI is InChI=1S/C25H27FN4O3S/c1-33-23-7-4-18-3-2-10-29-24(18)25(23)30(34(29,31)32)14-13-28-11-8-17(9-12-28)21-16-27-22-15-19(26)5-6-20(21)22/h4-8,15-16,27H,2-3,9-14H2,1H3. The molecule has 0 atom stereocenters. The van der Waals surface area contributed by atoms with Crippen molar-refractivity contribution < 1.29 is 17.5 Å². The van der Waals surface area contributed by atoms with Gasteiger partial charge < -0.3 is 9.72 Å². The van der Waals surface area contributed by atoms with Gasteiger partial charge in [0.2, 0.25) is 0 Å². The summed E-state index contributed by atoms with van der Waals surface area (Å²) in [5.41, 5.74) is 5.68. The van der Waals surface area contributed by atoms with Gasteiger partial charge in [-0.3, -0.25) is 9.21 Å². The number of nitrogens with one attached hydrogen (secondary N) is 1. The van der Waals surface area contributed by atoms with Crippen molar-refractivity contribution in [1.82, 2.24) is 9.88 Å². The third-order valence-electron chi connectivity index (χ3n) is 7.18. The van der Waals surface area contributed by atoms with E-state index < -0.39 is 10.2 Å². The van der Waals surface area contributed by atoms with Crippen LogP contribution in [0.2, 0.25) is 0 Å². The third kappa shape index (κ3) is 3.29. The van der Waals surface area contributed by atoms with Gasteiger partial charge in [0.1, 0.15) is 17.3 Å². The number of benzene rings is 2. The van der Waals surface area contributed by atoms with Crippen molar-refractivity contribution in [2.75, 3.05) is 48.4 Å². The van der Waals surface area contributed by atoms with Crippen molar-refractivity contribution in [1.29, 1.82) is 0 Å². The zero-order valence-corrected chi connectivity index (χ0v) is 19.9. The Balaban J connectivity index is 1.21. The van der Waals surface area contributed by atoms with E-state index in [9.17, 15) is 12.8 Å². The summed E-state index contributed by atoms with van der Waals surface area (Å²) in [6.45, 7) is 3.09. The Morgan fingerprint density at radius 2 is 1.97 bits per heavy atom. The van der Waals surface area contributed by atoms with Crippen LogP contribution < -0.4 is 13.3 Å². The summed E-state index contributed by atoms with van der Waals surface area (Å²) >= 11 is 0. The van der Waals surface area contributed by atoms with Crippen molar-refractivity contribution in [3.8, 4) is 5.75 Å². The smallest absolute Gasteiger partial charge is 0.326 e. The van der Waals surface area contributed by atoms with Gasteiger partial charge in [0, 0.05) is 55.4 Å². The Hall–Kier alpha value is -3.04. The second kappa shape index (κ2) is 8.02. The molecular weight excluding hydrogens is 455 g/mol. The van der Waals surface area contributed by atoms with Crippen LogP contribution in [0, 0.1) is 5.82 Å². The average molecular weight is 483 g/mol. The Labute approximate surface area is 198 Å². The highest BCUT2D eigenvalue weighted by Gasteiger charge is 2.45. The van der Waals surface area contributed by atoms with Gasteiger partial charge in [-0.25, -0.2) is 8.70 Å². The van der Waals surface area contributed by atoms with Gasteiger partial charge in [0.05, 0.1) is 12.8 Å². The molecule has 0 unspecified atom stereocenters. The van der Waals surface area contributed by atoms with Crippen LogP contribution in [0.4, 0.5) is 15.8 Å². The molecule has 0 fully saturated rings. The molecule has 178 valence electrons. The van der Waals surface area contributed by atoms with E-state index in [-0.39, 0.29) is 5.82 Å². The number of aromatic nitrogens is 1. The Kier molecular flexibility index (Phi) is 5.07. The predicted octanol–water partition coefficient (Wildman–Crippen LogP) is 3.92. The molecule has 0 radical (unpaired) electrons. The topological polar surface area (TPSA) is 68.9 Å². The SMILES string of the molecule is COc1ccc2c3c1N(CCN1CC=C(c4c[nH]c5cc(F)ccc45)CC1)S(=O)(=O)N3CCC2. The quantitative estimate of drug-likeness (QED) is 0.599. The van der Waals surface area contributed by atoms with Crippen LogP contribution in [0.1, 0.15) is 24.0 Å². The minimum atomic E-state index is -3.61. The summed E-state index contributed by atoms with van der Waals surface area (Å²) < 4.78 is 49.0. The molecule has 0 saturated heterocycles. The number of ether oxygens (including phenoxy) is 1. The maximum atomic E-state index is 13.5. The van der Waals surface area contributed by atoms with Gasteiger partial charge in [0.25, 0.3) is 0 Å². The first-order valence-corrected chi connectivity index (χ1v) is 13.1. The summed E-state index contributed by atoms with van der Waals surface area (Å²) in [5, 5.41) is 1.02. The van der Waals surface area contributed by atoms with Gasteiger partial charge in [0.15, 0.2) is 0 Å². The lowest BCUT2D eigenvalue weighted by Crippen LogP contribution is -2.43. The van der Waals surface area contributed by atoms with Gasteiger partial charge in [-0.05, 0) is 54.7 Å². The number of aromatic amines is 1. The van der Waals surface area contributed by atoms with Crippen LogP contribution in [0.5, 0.6) is 5.75 Å². The van der Waals surface area contributed by atoms with E-state index in [1.54, 1.807) is 11.4 Å². The van der Waals surface area contributed by atoms with E-state index in [0.717, 1.165) is 60.1 Å². The number of methoxy groups -OCH3 is 1. The summed E-state index contributed by atoms with van der Waals surface area (Å²) in [4.78, 5) is 5.43. The molecule has 0 saturated carbocycles. The number of halogens is 1. The fourth-order valence-corrected chi connectivity index (χ4v) is 7.21. The van der Waals surface area contributed by atoms with Crippen LogP contribution in [-0.2, 0) is 16.6 Å². The van der Waals surface area contributed by atoms with Gasteiger partial charge in [-0.2, -0.15) is 8.42 Å². The summed E-state index contributed by atoms with van der Waals surface area (Å²) in [5.74, 6) is 0.351. The Morgan fingerprint density at radius 1 is 1.09 bits per heavy atom. The minimum absolute atomic E-state index is 0.249. The lowest BCUT2D eigenvalue weighted by atomic mass is 9.99. The highest BCUT2D eigenvalue weighted by Crippen LogP contribution is 2.50. The molecule has 34 heavy (non-hydrogen) atoms. The summed E-state index contributed by atoms with van der Waals surface area (Å²) in [6.07, 6.45) is 6.70. The van der Waals surface area contributed by atoms with E-state index in [1.165, 1.54) is 22.0 Å². The molecule has 3 aliphatic heterocycles. The van der Waals surface area contributed by atoms with Crippen molar-refractivity contribution in [3.05, 3.63) is 59.5 Å². The average Bonchev–Trinajstić information content (AvgIpc) is 3.36. The van der Waals surface area contributed by atoms with Crippen molar-refractivity contribution >= 4 is 38.1 Å². The zero-order valence-electron chi connectivity index (χ0n) is 19.1. The molecule has 9 heteroatoms. The summed E-state index contributed by atoms with van der Waals surface area (Å²) in [7, 11) is -2.02. The molecule has 0 amide bonds. The maximum absolute atomic E-state index is 13.5. The zero-order chi connectivity index (χ0) is 23.4. The molecule has 2 aromatic carbocycles. The minimum Gasteiger partial charge on any atom is -0.494 e. The number of fused-ring (bicyclic) bond motifs is 1. The highest BCUT2D eigenvalue weighted by molar-refractivity contribution is 7.94. The largest absolute Gasteiger partial charge is 0.494 e. The molecular formula is C25H27FN4O3S. The van der Waals surface area contributed by atoms with E-state index in [2.05, 4.69) is 16.0 Å². The molecule has 4 heterocycles. The predicted molar refractivity (Wildman–Crippen MR) is 132 cm³/mol. The van der Waals surface area contributed by atoms with Gasteiger partial charge >= 0.3 is 10.2 Å². The molecule has 0 spiro atoms. The highest BCUT2D eigenvalue weighted by atomic mass is 32.2. The van der Waals surface area contributed by atoms with Crippen LogP contribution >= 0.6 is 0 Å². The number of H-pyrrole nitrogens is 1. The van der Waals surface area contributed by atoms with Crippen molar-refractivity contribution in [3.63, 3.8) is 0 Å². The first-order valence-electron chi connectivity index (χ1n) is 11.7. The number of hydrogen-bond donors (Lipinski definition) is 1. The second-order valence-corrected chi connectivity index (χ2v) is 10.8. The first kappa shape index (κ1) is 21.5. The Morgan fingerprint density at radius 3 is 2.76 bits per heavy atom.